The van der Waals surface area contributed by atoms with Crippen LogP contribution in [0.3, 0.4) is 0 Å². The first-order valence-corrected chi connectivity index (χ1v) is 9.16. The van der Waals surface area contributed by atoms with Crippen molar-refractivity contribution in [3.8, 4) is 0 Å². The van der Waals surface area contributed by atoms with Crippen LogP contribution >= 0.6 is 0 Å². The molecular formula is C18H36N2O. The molecule has 0 aromatic heterocycles. The summed E-state index contributed by atoms with van der Waals surface area (Å²) in [5, 5.41) is 3.47. The van der Waals surface area contributed by atoms with Crippen molar-refractivity contribution in [1.82, 2.24) is 10.2 Å². The van der Waals surface area contributed by atoms with E-state index in [1.54, 1.807) is 0 Å². The summed E-state index contributed by atoms with van der Waals surface area (Å²) in [6.07, 6.45) is 9.78. The normalized spacial score (nSPS) is 35.0. The highest BCUT2D eigenvalue weighted by molar-refractivity contribution is 4.90. The van der Waals surface area contributed by atoms with Crippen LogP contribution in [0.5, 0.6) is 0 Å². The zero-order chi connectivity index (χ0) is 15.1. The van der Waals surface area contributed by atoms with Gasteiger partial charge in [-0.2, -0.15) is 0 Å². The van der Waals surface area contributed by atoms with Gasteiger partial charge in [-0.15, -0.1) is 0 Å². The standard InChI is InChI=1S/C18H36N2O/c1-4-12-21-17-6-5-11-20(13-17)15-18(14-19-3)9-7-16(2)8-10-18/h16-17,19H,4-15H2,1-3H3. The van der Waals surface area contributed by atoms with Crippen molar-refractivity contribution in [2.45, 2.75) is 64.9 Å². The van der Waals surface area contributed by atoms with Crippen LogP contribution in [0.25, 0.3) is 0 Å². The van der Waals surface area contributed by atoms with Crippen molar-refractivity contribution in [2.75, 3.05) is 39.8 Å². The maximum Gasteiger partial charge on any atom is 0.0702 e. The molecule has 3 heteroatoms. The molecule has 1 atom stereocenters. The number of hydrogen-bond acceptors (Lipinski definition) is 3. The van der Waals surface area contributed by atoms with Crippen LogP contribution in [0.2, 0.25) is 0 Å². The number of hydrogen-bond donors (Lipinski definition) is 1. The number of piperidine rings is 1. The van der Waals surface area contributed by atoms with Gasteiger partial charge in [-0.1, -0.05) is 26.7 Å². The molecule has 3 nitrogen and oxygen atoms in total. The molecule has 0 amide bonds. The van der Waals surface area contributed by atoms with Crippen LogP contribution in [-0.2, 0) is 4.74 Å². The molecule has 1 N–H and O–H groups in total. The molecule has 1 unspecified atom stereocenters. The Morgan fingerprint density at radius 2 is 2.00 bits per heavy atom. The van der Waals surface area contributed by atoms with E-state index in [9.17, 15) is 0 Å². The van der Waals surface area contributed by atoms with Gasteiger partial charge < -0.3 is 15.0 Å². The van der Waals surface area contributed by atoms with Crippen molar-refractivity contribution >= 4 is 0 Å². The molecule has 0 radical (unpaired) electrons. The van der Waals surface area contributed by atoms with Crippen LogP contribution in [0.15, 0.2) is 0 Å². The van der Waals surface area contributed by atoms with E-state index in [-0.39, 0.29) is 0 Å². The molecule has 1 aliphatic carbocycles. The third-order valence-corrected chi connectivity index (χ3v) is 5.47. The summed E-state index contributed by atoms with van der Waals surface area (Å²) in [5.74, 6) is 0.928. The molecule has 124 valence electrons. The maximum absolute atomic E-state index is 6.00. The minimum Gasteiger partial charge on any atom is -0.377 e. The number of likely N-dealkylation sites (tertiary alicyclic amines) is 1. The summed E-state index contributed by atoms with van der Waals surface area (Å²) in [6.45, 7) is 10.4. The largest absolute Gasteiger partial charge is 0.377 e. The minimum atomic E-state index is 0.479. The van der Waals surface area contributed by atoms with Crippen LogP contribution < -0.4 is 5.32 Å². The monoisotopic (exact) mass is 296 g/mol. The van der Waals surface area contributed by atoms with Gasteiger partial charge >= 0.3 is 0 Å². The Bertz CT molecular complexity index is 287. The fourth-order valence-corrected chi connectivity index (χ4v) is 4.19. The Kier molecular flexibility index (Phi) is 6.97. The molecule has 2 aliphatic rings. The lowest BCUT2D eigenvalue weighted by atomic mass is 9.70. The summed E-state index contributed by atoms with van der Waals surface area (Å²) in [7, 11) is 2.11. The second kappa shape index (κ2) is 8.50. The summed E-state index contributed by atoms with van der Waals surface area (Å²) in [5.41, 5.74) is 0.508. The molecular weight excluding hydrogens is 260 g/mol. The van der Waals surface area contributed by atoms with Gasteiger partial charge in [-0.05, 0) is 57.0 Å². The van der Waals surface area contributed by atoms with Crippen molar-refractivity contribution in [2.24, 2.45) is 11.3 Å². The fourth-order valence-electron chi connectivity index (χ4n) is 4.19. The van der Waals surface area contributed by atoms with Gasteiger partial charge in [0.1, 0.15) is 0 Å². The van der Waals surface area contributed by atoms with E-state index in [0.29, 0.717) is 11.5 Å². The lowest BCUT2D eigenvalue weighted by Gasteiger charge is -2.44. The number of nitrogens with zero attached hydrogens (tertiary/aromatic N) is 1. The van der Waals surface area contributed by atoms with Gasteiger partial charge in [0, 0.05) is 26.2 Å². The van der Waals surface area contributed by atoms with Gasteiger partial charge in [0.2, 0.25) is 0 Å². The second-order valence-corrected chi connectivity index (χ2v) is 7.58. The maximum atomic E-state index is 6.00. The molecule has 0 aromatic carbocycles. The predicted molar refractivity (Wildman–Crippen MR) is 89.7 cm³/mol. The Morgan fingerprint density at radius 3 is 2.67 bits per heavy atom. The molecule has 21 heavy (non-hydrogen) atoms. The number of nitrogens with one attached hydrogen (secondary N) is 1. The third kappa shape index (κ3) is 5.22. The van der Waals surface area contributed by atoms with Gasteiger partial charge in [-0.3, -0.25) is 0 Å². The van der Waals surface area contributed by atoms with Gasteiger partial charge in [-0.25, -0.2) is 0 Å². The SMILES string of the molecule is CCCOC1CCCN(CC2(CNC)CCC(C)CC2)C1. The molecule has 2 fully saturated rings. The predicted octanol–water partition coefficient (Wildman–Crippen LogP) is 3.29. The lowest BCUT2D eigenvalue weighted by Crippen LogP contribution is -2.49. The highest BCUT2D eigenvalue weighted by Gasteiger charge is 2.36. The van der Waals surface area contributed by atoms with E-state index in [2.05, 4.69) is 31.1 Å². The first-order chi connectivity index (χ1) is 10.2. The second-order valence-electron chi connectivity index (χ2n) is 7.58. The van der Waals surface area contributed by atoms with Crippen molar-refractivity contribution in [1.29, 1.82) is 0 Å². The van der Waals surface area contributed by atoms with Crippen LogP contribution in [0, 0.1) is 11.3 Å². The summed E-state index contributed by atoms with van der Waals surface area (Å²) < 4.78 is 6.00. The smallest absolute Gasteiger partial charge is 0.0702 e. The van der Waals surface area contributed by atoms with Crippen LogP contribution in [0.4, 0.5) is 0 Å². The van der Waals surface area contributed by atoms with Gasteiger partial charge in [0.15, 0.2) is 0 Å². The molecule has 0 spiro atoms. The van der Waals surface area contributed by atoms with Crippen molar-refractivity contribution < 1.29 is 4.74 Å². The molecule has 2 rings (SSSR count). The number of ether oxygens (including phenoxy) is 1. The van der Waals surface area contributed by atoms with Crippen LogP contribution in [0.1, 0.15) is 58.8 Å². The van der Waals surface area contributed by atoms with Crippen molar-refractivity contribution in [3.05, 3.63) is 0 Å². The van der Waals surface area contributed by atoms with E-state index in [1.165, 1.54) is 58.2 Å². The zero-order valence-electron chi connectivity index (χ0n) is 14.5. The van der Waals surface area contributed by atoms with E-state index >= 15 is 0 Å². The lowest BCUT2D eigenvalue weighted by molar-refractivity contribution is -0.0178. The first-order valence-electron chi connectivity index (χ1n) is 9.16. The number of rotatable bonds is 7. The molecule has 0 bridgehead atoms. The van der Waals surface area contributed by atoms with Crippen molar-refractivity contribution in [3.63, 3.8) is 0 Å². The Balaban J connectivity index is 1.87. The average molecular weight is 296 g/mol. The topological polar surface area (TPSA) is 24.5 Å². The molecule has 0 aromatic rings. The highest BCUT2D eigenvalue weighted by atomic mass is 16.5. The Labute approximate surface area is 131 Å². The Morgan fingerprint density at radius 1 is 1.24 bits per heavy atom. The zero-order valence-corrected chi connectivity index (χ0v) is 14.5. The first kappa shape index (κ1) is 17.2. The summed E-state index contributed by atoms with van der Waals surface area (Å²) in [4.78, 5) is 2.69. The molecule has 1 aliphatic heterocycles. The highest BCUT2D eigenvalue weighted by Crippen LogP contribution is 2.39. The molecule has 1 saturated carbocycles. The average Bonchev–Trinajstić information content (AvgIpc) is 2.49. The van der Waals surface area contributed by atoms with E-state index in [1.807, 2.05) is 0 Å². The van der Waals surface area contributed by atoms with E-state index in [4.69, 9.17) is 4.74 Å². The van der Waals surface area contributed by atoms with E-state index < -0.39 is 0 Å². The third-order valence-electron chi connectivity index (χ3n) is 5.47. The summed E-state index contributed by atoms with van der Waals surface area (Å²) in [6, 6.07) is 0. The minimum absolute atomic E-state index is 0.479. The summed E-state index contributed by atoms with van der Waals surface area (Å²) >= 11 is 0. The van der Waals surface area contributed by atoms with Gasteiger partial charge in [0.05, 0.1) is 6.10 Å². The Hall–Kier alpha value is -0.120. The molecule has 1 heterocycles. The van der Waals surface area contributed by atoms with Gasteiger partial charge in [0.25, 0.3) is 0 Å². The molecule has 1 saturated heterocycles. The quantitative estimate of drug-likeness (QED) is 0.780. The van der Waals surface area contributed by atoms with E-state index in [0.717, 1.165) is 25.5 Å². The fraction of sp³-hybridized carbons (Fsp3) is 1.00. The van der Waals surface area contributed by atoms with Crippen LogP contribution in [-0.4, -0.2) is 50.8 Å².